The molecule has 0 spiro atoms. The van der Waals surface area contributed by atoms with Crippen molar-refractivity contribution in [2.75, 3.05) is 0 Å². The highest BCUT2D eigenvalue weighted by Crippen LogP contribution is 2.46. The van der Waals surface area contributed by atoms with Crippen LogP contribution < -0.4 is 5.73 Å². The Morgan fingerprint density at radius 3 is 1.85 bits per heavy atom. The number of aliphatic hydroxyl groups is 1. The highest BCUT2D eigenvalue weighted by atomic mass is 19.4. The van der Waals surface area contributed by atoms with Crippen LogP contribution in [0.2, 0.25) is 0 Å². The molecule has 1 aromatic carbocycles. The molecule has 0 fully saturated rings. The molecule has 2 nitrogen and oxygen atoms in total. The van der Waals surface area contributed by atoms with Gasteiger partial charge in [-0.3, -0.25) is 0 Å². The molecule has 114 valence electrons. The standard InChI is InChI=1S/C12H13F6NO/c1-2-9(19)10(20,12(16,17)18)7-5-3-4-6-8(7)11(13,14)15/h3-6,9,20H,2,19H2,1H3. The van der Waals surface area contributed by atoms with Crippen LogP contribution in [0.1, 0.15) is 24.5 Å². The summed E-state index contributed by atoms with van der Waals surface area (Å²) in [5.74, 6) is 0. The molecule has 8 heteroatoms. The maximum atomic E-state index is 13.1. The lowest BCUT2D eigenvalue weighted by molar-refractivity contribution is -0.276. The Balaban J connectivity index is 3.60. The van der Waals surface area contributed by atoms with E-state index in [-0.39, 0.29) is 6.42 Å². The van der Waals surface area contributed by atoms with Crippen LogP contribution in [0.5, 0.6) is 0 Å². The molecular weight excluding hydrogens is 288 g/mol. The summed E-state index contributed by atoms with van der Waals surface area (Å²) in [6.07, 6.45) is -10.7. The van der Waals surface area contributed by atoms with E-state index in [1.165, 1.54) is 6.92 Å². The molecule has 0 aliphatic carbocycles. The minimum atomic E-state index is -5.33. The molecule has 0 aromatic heterocycles. The van der Waals surface area contributed by atoms with E-state index in [9.17, 15) is 31.4 Å². The third-order valence-electron chi connectivity index (χ3n) is 3.05. The van der Waals surface area contributed by atoms with Gasteiger partial charge in [0, 0.05) is 11.6 Å². The molecular formula is C12H13F6NO. The lowest BCUT2D eigenvalue weighted by atomic mass is 9.82. The van der Waals surface area contributed by atoms with Crippen molar-refractivity contribution in [3.63, 3.8) is 0 Å². The number of rotatable bonds is 3. The minimum Gasteiger partial charge on any atom is -0.375 e. The summed E-state index contributed by atoms with van der Waals surface area (Å²) >= 11 is 0. The number of halogens is 6. The molecule has 0 amide bonds. The van der Waals surface area contributed by atoms with Crippen molar-refractivity contribution in [2.45, 2.75) is 37.3 Å². The molecule has 1 aromatic rings. The third kappa shape index (κ3) is 2.76. The summed E-state index contributed by atoms with van der Waals surface area (Å²) in [5, 5.41) is 9.88. The van der Waals surface area contributed by atoms with Gasteiger partial charge in [-0.1, -0.05) is 25.1 Å². The average molecular weight is 301 g/mol. The summed E-state index contributed by atoms with van der Waals surface area (Å²) in [7, 11) is 0. The zero-order valence-electron chi connectivity index (χ0n) is 10.4. The Hall–Kier alpha value is -1.28. The van der Waals surface area contributed by atoms with Crippen LogP contribution in [-0.2, 0) is 11.8 Å². The lowest BCUT2D eigenvalue weighted by Crippen LogP contribution is -2.56. The Labute approximate surface area is 111 Å². The number of alkyl halides is 6. The summed E-state index contributed by atoms with van der Waals surface area (Å²) in [6, 6.07) is 1.09. The predicted molar refractivity (Wildman–Crippen MR) is 59.7 cm³/mol. The number of hydrogen-bond donors (Lipinski definition) is 2. The van der Waals surface area contributed by atoms with Crippen LogP contribution >= 0.6 is 0 Å². The zero-order valence-corrected chi connectivity index (χ0v) is 10.4. The van der Waals surface area contributed by atoms with Gasteiger partial charge in [-0.05, 0) is 12.5 Å². The normalized spacial score (nSPS) is 17.6. The van der Waals surface area contributed by atoms with Gasteiger partial charge in [0.05, 0.1) is 5.56 Å². The van der Waals surface area contributed by atoms with Gasteiger partial charge in [0.1, 0.15) is 0 Å². The Kier molecular flexibility index (Phi) is 4.40. The first kappa shape index (κ1) is 16.8. The van der Waals surface area contributed by atoms with E-state index in [0.29, 0.717) is 12.1 Å². The van der Waals surface area contributed by atoms with Crippen LogP contribution in [0.15, 0.2) is 24.3 Å². The molecule has 0 saturated heterocycles. The number of hydrogen-bond acceptors (Lipinski definition) is 2. The SMILES string of the molecule is CCC(N)C(O)(c1ccccc1C(F)(F)F)C(F)(F)F. The number of benzene rings is 1. The van der Waals surface area contributed by atoms with Crippen molar-refractivity contribution in [2.24, 2.45) is 5.73 Å². The maximum Gasteiger partial charge on any atom is 0.423 e. The smallest absolute Gasteiger partial charge is 0.375 e. The van der Waals surface area contributed by atoms with E-state index in [1.807, 2.05) is 0 Å². The minimum absolute atomic E-state index is 0.345. The van der Waals surface area contributed by atoms with Gasteiger partial charge in [-0.15, -0.1) is 0 Å². The van der Waals surface area contributed by atoms with Gasteiger partial charge in [-0.2, -0.15) is 26.3 Å². The summed E-state index contributed by atoms with van der Waals surface area (Å²) < 4.78 is 77.7. The first-order chi connectivity index (χ1) is 8.96. The molecule has 0 bridgehead atoms. The van der Waals surface area contributed by atoms with Crippen molar-refractivity contribution in [3.8, 4) is 0 Å². The zero-order chi connectivity index (χ0) is 15.8. The van der Waals surface area contributed by atoms with Gasteiger partial charge < -0.3 is 10.8 Å². The van der Waals surface area contributed by atoms with E-state index < -0.39 is 35.1 Å². The van der Waals surface area contributed by atoms with Crippen LogP contribution in [0.3, 0.4) is 0 Å². The van der Waals surface area contributed by atoms with E-state index in [2.05, 4.69) is 0 Å². The largest absolute Gasteiger partial charge is 0.423 e. The maximum absolute atomic E-state index is 13.1. The van der Waals surface area contributed by atoms with Crippen LogP contribution in [0, 0.1) is 0 Å². The quantitative estimate of drug-likeness (QED) is 0.842. The Morgan fingerprint density at radius 1 is 1.05 bits per heavy atom. The van der Waals surface area contributed by atoms with Gasteiger partial charge in [0.15, 0.2) is 0 Å². The van der Waals surface area contributed by atoms with Crippen LogP contribution in [0.25, 0.3) is 0 Å². The van der Waals surface area contributed by atoms with Crippen LogP contribution in [-0.4, -0.2) is 17.3 Å². The lowest BCUT2D eigenvalue weighted by Gasteiger charge is -2.37. The molecule has 0 heterocycles. The second-order valence-corrected chi connectivity index (χ2v) is 4.32. The summed E-state index contributed by atoms with van der Waals surface area (Å²) in [4.78, 5) is 0. The molecule has 1 rings (SSSR count). The third-order valence-corrected chi connectivity index (χ3v) is 3.05. The average Bonchev–Trinajstić information content (AvgIpc) is 2.34. The molecule has 0 saturated carbocycles. The van der Waals surface area contributed by atoms with Crippen molar-refractivity contribution in [3.05, 3.63) is 35.4 Å². The fraction of sp³-hybridized carbons (Fsp3) is 0.500. The van der Waals surface area contributed by atoms with E-state index in [1.54, 1.807) is 0 Å². The Morgan fingerprint density at radius 2 is 1.50 bits per heavy atom. The van der Waals surface area contributed by atoms with Gasteiger partial charge in [-0.25, -0.2) is 0 Å². The molecule has 3 N–H and O–H groups in total. The number of nitrogens with two attached hydrogens (primary N) is 1. The molecule has 0 aliphatic heterocycles. The predicted octanol–water partition coefficient (Wildman–Crippen LogP) is 3.19. The highest BCUT2D eigenvalue weighted by molar-refractivity contribution is 5.37. The van der Waals surface area contributed by atoms with Gasteiger partial charge in [0.2, 0.25) is 5.60 Å². The van der Waals surface area contributed by atoms with Crippen LogP contribution in [0.4, 0.5) is 26.3 Å². The summed E-state index contributed by atoms with van der Waals surface area (Å²) in [5.41, 5.74) is -1.35. The van der Waals surface area contributed by atoms with Gasteiger partial charge >= 0.3 is 12.4 Å². The first-order valence-electron chi connectivity index (χ1n) is 5.67. The van der Waals surface area contributed by atoms with Crippen molar-refractivity contribution in [1.29, 1.82) is 0 Å². The Bertz CT molecular complexity index is 470. The molecule has 2 unspecified atom stereocenters. The first-order valence-corrected chi connectivity index (χ1v) is 5.67. The fourth-order valence-electron chi connectivity index (χ4n) is 1.92. The molecule has 0 aliphatic rings. The van der Waals surface area contributed by atoms with Crippen molar-refractivity contribution < 1.29 is 31.4 Å². The summed E-state index contributed by atoms with van der Waals surface area (Å²) in [6.45, 7) is 1.25. The van der Waals surface area contributed by atoms with E-state index >= 15 is 0 Å². The van der Waals surface area contributed by atoms with E-state index in [4.69, 9.17) is 5.73 Å². The highest BCUT2D eigenvalue weighted by Gasteiger charge is 2.60. The topological polar surface area (TPSA) is 46.2 Å². The van der Waals surface area contributed by atoms with Crippen molar-refractivity contribution in [1.82, 2.24) is 0 Å². The molecule has 2 atom stereocenters. The van der Waals surface area contributed by atoms with E-state index in [0.717, 1.165) is 12.1 Å². The molecule has 0 radical (unpaired) electrons. The second kappa shape index (κ2) is 5.25. The monoisotopic (exact) mass is 301 g/mol. The fourth-order valence-corrected chi connectivity index (χ4v) is 1.92. The van der Waals surface area contributed by atoms with Gasteiger partial charge in [0.25, 0.3) is 0 Å². The van der Waals surface area contributed by atoms with Crippen molar-refractivity contribution >= 4 is 0 Å². The second-order valence-electron chi connectivity index (χ2n) is 4.32. The molecule has 20 heavy (non-hydrogen) atoms.